The third kappa shape index (κ3) is 5.40. The summed E-state index contributed by atoms with van der Waals surface area (Å²) in [4.78, 5) is 0. The van der Waals surface area contributed by atoms with Gasteiger partial charge in [-0.25, -0.2) is 0 Å². The fourth-order valence-electron chi connectivity index (χ4n) is 2.87. The number of rotatable bonds is 7. The second-order valence-corrected chi connectivity index (χ2v) is 5.80. The second-order valence-electron chi connectivity index (χ2n) is 5.80. The highest BCUT2D eigenvalue weighted by Gasteiger charge is 2.15. The maximum atomic E-state index is 8.54. The van der Waals surface area contributed by atoms with Gasteiger partial charge in [0, 0.05) is 0 Å². The maximum absolute atomic E-state index is 8.54. The van der Waals surface area contributed by atoms with Crippen molar-refractivity contribution in [3.8, 4) is 11.8 Å². The molecule has 0 radical (unpaired) electrons. The zero-order valence-corrected chi connectivity index (χ0v) is 12.9. The van der Waals surface area contributed by atoms with Gasteiger partial charge in [-0.2, -0.15) is 5.26 Å². The SMILES string of the molecule is CC(CC#N)OCCOc1ccc(C2CCCCC2)cc1. The van der Waals surface area contributed by atoms with E-state index in [1.54, 1.807) is 0 Å². The molecule has 2 rings (SSSR count). The molecule has 1 saturated carbocycles. The topological polar surface area (TPSA) is 42.2 Å². The minimum Gasteiger partial charge on any atom is -0.491 e. The summed E-state index contributed by atoms with van der Waals surface area (Å²) in [5.41, 5.74) is 1.45. The number of nitriles is 1. The van der Waals surface area contributed by atoms with E-state index in [9.17, 15) is 0 Å². The van der Waals surface area contributed by atoms with Gasteiger partial charge in [-0.05, 0) is 43.4 Å². The number of hydrogen-bond donors (Lipinski definition) is 0. The lowest BCUT2D eigenvalue weighted by molar-refractivity contribution is 0.0473. The van der Waals surface area contributed by atoms with Gasteiger partial charge < -0.3 is 9.47 Å². The molecule has 0 amide bonds. The molecule has 0 N–H and O–H groups in total. The lowest BCUT2D eigenvalue weighted by atomic mass is 9.84. The molecule has 1 fully saturated rings. The van der Waals surface area contributed by atoms with Gasteiger partial charge in [0.05, 0.1) is 25.2 Å². The predicted molar refractivity (Wildman–Crippen MR) is 83.4 cm³/mol. The Morgan fingerprint density at radius 2 is 1.86 bits per heavy atom. The molecule has 3 heteroatoms. The summed E-state index contributed by atoms with van der Waals surface area (Å²) in [6, 6.07) is 10.6. The summed E-state index contributed by atoms with van der Waals surface area (Å²) in [5, 5.41) is 8.54. The van der Waals surface area contributed by atoms with Crippen molar-refractivity contribution in [1.82, 2.24) is 0 Å². The van der Waals surface area contributed by atoms with E-state index < -0.39 is 0 Å². The lowest BCUT2D eigenvalue weighted by Crippen LogP contribution is -2.13. The monoisotopic (exact) mass is 287 g/mol. The van der Waals surface area contributed by atoms with Gasteiger partial charge in [0.15, 0.2) is 0 Å². The molecule has 114 valence electrons. The van der Waals surface area contributed by atoms with Crippen molar-refractivity contribution in [3.05, 3.63) is 29.8 Å². The first-order valence-corrected chi connectivity index (χ1v) is 8.01. The van der Waals surface area contributed by atoms with E-state index in [1.165, 1.54) is 37.7 Å². The van der Waals surface area contributed by atoms with E-state index in [-0.39, 0.29) is 6.10 Å². The zero-order valence-electron chi connectivity index (χ0n) is 12.9. The van der Waals surface area contributed by atoms with Crippen LogP contribution in [0.15, 0.2) is 24.3 Å². The van der Waals surface area contributed by atoms with Crippen molar-refractivity contribution in [2.24, 2.45) is 0 Å². The van der Waals surface area contributed by atoms with E-state index in [0.717, 1.165) is 11.7 Å². The van der Waals surface area contributed by atoms with Crippen LogP contribution in [-0.4, -0.2) is 19.3 Å². The molecule has 1 aromatic carbocycles. The van der Waals surface area contributed by atoms with Crippen LogP contribution in [0.5, 0.6) is 5.75 Å². The van der Waals surface area contributed by atoms with Crippen molar-refractivity contribution in [1.29, 1.82) is 5.26 Å². The molecule has 0 aliphatic heterocycles. The molecule has 1 unspecified atom stereocenters. The highest BCUT2D eigenvalue weighted by atomic mass is 16.5. The summed E-state index contributed by atoms with van der Waals surface area (Å²) in [6.45, 7) is 2.95. The minimum absolute atomic E-state index is 0.0210. The Bertz CT molecular complexity index is 443. The van der Waals surface area contributed by atoms with Crippen LogP contribution in [-0.2, 0) is 4.74 Å². The summed E-state index contributed by atoms with van der Waals surface area (Å²) in [7, 11) is 0. The summed E-state index contributed by atoms with van der Waals surface area (Å²) in [5.74, 6) is 1.63. The van der Waals surface area contributed by atoms with Gasteiger partial charge in [0.25, 0.3) is 0 Å². The van der Waals surface area contributed by atoms with Crippen LogP contribution < -0.4 is 4.74 Å². The second kappa shape index (κ2) is 8.69. The Labute approximate surface area is 127 Å². The Kier molecular flexibility index (Phi) is 6.56. The molecule has 1 aromatic rings. The van der Waals surface area contributed by atoms with Crippen LogP contribution in [0.4, 0.5) is 0 Å². The van der Waals surface area contributed by atoms with Crippen molar-refractivity contribution in [2.75, 3.05) is 13.2 Å². The predicted octanol–water partition coefficient (Wildman–Crippen LogP) is 4.43. The molecule has 3 nitrogen and oxygen atoms in total. The Balaban J connectivity index is 1.71. The Morgan fingerprint density at radius 3 is 2.52 bits per heavy atom. The van der Waals surface area contributed by atoms with Crippen molar-refractivity contribution >= 4 is 0 Å². The molecule has 1 aliphatic rings. The van der Waals surface area contributed by atoms with Crippen LogP contribution in [0, 0.1) is 11.3 Å². The third-order valence-electron chi connectivity index (χ3n) is 4.09. The van der Waals surface area contributed by atoms with Crippen LogP contribution in [0.1, 0.15) is 56.9 Å². The van der Waals surface area contributed by atoms with Gasteiger partial charge >= 0.3 is 0 Å². The standard InChI is InChI=1S/C18H25NO2/c1-15(11-12-19)20-13-14-21-18-9-7-17(8-10-18)16-5-3-2-4-6-16/h7-10,15-16H,2-6,11,13-14H2,1H3. The average molecular weight is 287 g/mol. The Hall–Kier alpha value is -1.53. The van der Waals surface area contributed by atoms with E-state index in [4.69, 9.17) is 14.7 Å². The van der Waals surface area contributed by atoms with Crippen LogP contribution in [0.25, 0.3) is 0 Å². The van der Waals surface area contributed by atoms with E-state index in [1.807, 2.05) is 6.92 Å². The molecule has 21 heavy (non-hydrogen) atoms. The molecule has 0 aromatic heterocycles. The number of benzene rings is 1. The molecule has 1 atom stereocenters. The summed E-state index contributed by atoms with van der Waals surface area (Å²) in [6.07, 6.45) is 7.17. The molecular formula is C18H25NO2. The molecular weight excluding hydrogens is 262 g/mol. The van der Waals surface area contributed by atoms with Crippen molar-refractivity contribution < 1.29 is 9.47 Å². The fraction of sp³-hybridized carbons (Fsp3) is 0.611. The lowest BCUT2D eigenvalue weighted by Gasteiger charge is -2.22. The molecule has 1 aliphatic carbocycles. The van der Waals surface area contributed by atoms with E-state index in [2.05, 4.69) is 30.3 Å². The average Bonchev–Trinajstić information content (AvgIpc) is 2.53. The minimum atomic E-state index is -0.0210. The fourth-order valence-corrected chi connectivity index (χ4v) is 2.87. The van der Waals surface area contributed by atoms with Crippen LogP contribution in [0.3, 0.4) is 0 Å². The first-order valence-electron chi connectivity index (χ1n) is 8.01. The van der Waals surface area contributed by atoms with Gasteiger partial charge in [-0.3, -0.25) is 0 Å². The van der Waals surface area contributed by atoms with Gasteiger partial charge in [0.1, 0.15) is 12.4 Å². The maximum Gasteiger partial charge on any atom is 0.119 e. The number of nitrogens with zero attached hydrogens (tertiary/aromatic N) is 1. The van der Waals surface area contributed by atoms with Gasteiger partial charge in [-0.1, -0.05) is 31.4 Å². The highest BCUT2D eigenvalue weighted by molar-refractivity contribution is 5.29. The first-order chi connectivity index (χ1) is 10.3. The molecule has 0 saturated heterocycles. The third-order valence-corrected chi connectivity index (χ3v) is 4.09. The molecule has 0 heterocycles. The van der Waals surface area contributed by atoms with Crippen LogP contribution >= 0.6 is 0 Å². The summed E-state index contributed by atoms with van der Waals surface area (Å²) >= 11 is 0. The normalized spacial score (nSPS) is 17.1. The quantitative estimate of drug-likeness (QED) is 0.697. The van der Waals surface area contributed by atoms with Crippen LogP contribution in [0.2, 0.25) is 0 Å². The number of ether oxygens (including phenoxy) is 2. The van der Waals surface area contributed by atoms with E-state index >= 15 is 0 Å². The largest absolute Gasteiger partial charge is 0.491 e. The highest BCUT2D eigenvalue weighted by Crippen LogP contribution is 2.33. The number of hydrogen-bond acceptors (Lipinski definition) is 3. The summed E-state index contributed by atoms with van der Waals surface area (Å²) < 4.78 is 11.1. The Morgan fingerprint density at radius 1 is 1.14 bits per heavy atom. The van der Waals surface area contributed by atoms with Crippen molar-refractivity contribution in [2.45, 2.75) is 57.5 Å². The zero-order chi connectivity index (χ0) is 14.9. The molecule has 0 bridgehead atoms. The van der Waals surface area contributed by atoms with E-state index in [0.29, 0.717) is 19.6 Å². The smallest absolute Gasteiger partial charge is 0.119 e. The van der Waals surface area contributed by atoms with Gasteiger partial charge in [0.2, 0.25) is 0 Å². The molecule has 0 spiro atoms. The van der Waals surface area contributed by atoms with Gasteiger partial charge in [-0.15, -0.1) is 0 Å². The van der Waals surface area contributed by atoms with Crippen molar-refractivity contribution in [3.63, 3.8) is 0 Å². The first kappa shape index (κ1) is 15.9.